The SMILES string of the molecule is O=C(c1cccc(Br)c1)c1ccc(Br)c2ccccc12. The standard InChI is InChI=1S/C17H10Br2O/c18-12-5-3-4-11(10-12)17(20)15-8-9-16(19)14-7-2-1-6-13(14)15/h1-10H. The zero-order valence-electron chi connectivity index (χ0n) is 10.4. The van der Waals surface area contributed by atoms with Gasteiger partial charge in [-0.3, -0.25) is 4.79 Å². The molecule has 0 spiro atoms. The normalized spacial score (nSPS) is 10.7. The molecule has 3 aromatic rings. The van der Waals surface area contributed by atoms with E-state index in [2.05, 4.69) is 31.9 Å². The van der Waals surface area contributed by atoms with Crippen LogP contribution in [0.3, 0.4) is 0 Å². The molecule has 0 fully saturated rings. The number of carbonyl (C=O) groups excluding carboxylic acids is 1. The minimum absolute atomic E-state index is 0.0370. The topological polar surface area (TPSA) is 17.1 Å². The van der Waals surface area contributed by atoms with Crippen molar-refractivity contribution in [3.05, 3.63) is 80.7 Å². The highest BCUT2D eigenvalue weighted by molar-refractivity contribution is 9.11. The fourth-order valence-electron chi connectivity index (χ4n) is 2.25. The lowest BCUT2D eigenvalue weighted by molar-refractivity contribution is 0.104. The van der Waals surface area contributed by atoms with E-state index >= 15 is 0 Å². The molecule has 0 amide bonds. The molecule has 0 saturated carbocycles. The Morgan fingerprint density at radius 2 is 1.55 bits per heavy atom. The van der Waals surface area contributed by atoms with Crippen molar-refractivity contribution < 1.29 is 4.79 Å². The Hall–Kier alpha value is -1.45. The van der Waals surface area contributed by atoms with Gasteiger partial charge in [0.2, 0.25) is 0 Å². The van der Waals surface area contributed by atoms with E-state index in [9.17, 15) is 4.79 Å². The van der Waals surface area contributed by atoms with Gasteiger partial charge >= 0.3 is 0 Å². The summed E-state index contributed by atoms with van der Waals surface area (Å²) in [5.74, 6) is 0.0370. The number of hydrogen-bond donors (Lipinski definition) is 0. The Labute approximate surface area is 133 Å². The van der Waals surface area contributed by atoms with Gasteiger partial charge < -0.3 is 0 Å². The van der Waals surface area contributed by atoms with Crippen LogP contribution in [0.4, 0.5) is 0 Å². The summed E-state index contributed by atoms with van der Waals surface area (Å²) in [6.07, 6.45) is 0. The van der Waals surface area contributed by atoms with Crippen molar-refractivity contribution in [2.75, 3.05) is 0 Å². The maximum Gasteiger partial charge on any atom is 0.193 e. The molecule has 98 valence electrons. The van der Waals surface area contributed by atoms with Gasteiger partial charge in [0, 0.05) is 20.1 Å². The third kappa shape index (κ3) is 2.43. The van der Waals surface area contributed by atoms with Gasteiger partial charge in [0.05, 0.1) is 0 Å². The van der Waals surface area contributed by atoms with Gasteiger partial charge in [-0.25, -0.2) is 0 Å². The number of hydrogen-bond acceptors (Lipinski definition) is 1. The fourth-order valence-corrected chi connectivity index (χ4v) is 3.12. The zero-order chi connectivity index (χ0) is 14.1. The minimum atomic E-state index is 0.0370. The lowest BCUT2D eigenvalue weighted by atomic mass is 9.97. The van der Waals surface area contributed by atoms with Gasteiger partial charge in [-0.05, 0) is 35.0 Å². The molecule has 0 bridgehead atoms. The smallest absolute Gasteiger partial charge is 0.193 e. The molecule has 0 aliphatic rings. The van der Waals surface area contributed by atoms with E-state index in [1.807, 2.05) is 60.7 Å². The molecule has 0 radical (unpaired) electrons. The Kier molecular flexibility index (Phi) is 3.72. The Balaban J connectivity index is 2.20. The summed E-state index contributed by atoms with van der Waals surface area (Å²) in [6, 6.07) is 19.2. The van der Waals surface area contributed by atoms with Gasteiger partial charge in [0.1, 0.15) is 0 Å². The van der Waals surface area contributed by atoms with Crippen LogP contribution in [0.5, 0.6) is 0 Å². The van der Waals surface area contributed by atoms with Crippen molar-refractivity contribution in [2.45, 2.75) is 0 Å². The molecule has 1 nitrogen and oxygen atoms in total. The van der Waals surface area contributed by atoms with Crippen LogP contribution in [0.2, 0.25) is 0 Å². The third-order valence-corrected chi connectivity index (χ3v) is 4.39. The highest BCUT2D eigenvalue weighted by Crippen LogP contribution is 2.28. The van der Waals surface area contributed by atoms with Crippen molar-refractivity contribution in [2.24, 2.45) is 0 Å². The number of rotatable bonds is 2. The van der Waals surface area contributed by atoms with Crippen LogP contribution in [0.15, 0.2) is 69.6 Å². The van der Waals surface area contributed by atoms with E-state index in [0.29, 0.717) is 5.56 Å². The van der Waals surface area contributed by atoms with Crippen molar-refractivity contribution in [1.29, 1.82) is 0 Å². The predicted molar refractivity (Wildman–Crippen MR) is 89.2 cm³/mol. The highest BCUT2D eigenvalue weighted by atomic mass is 79.9. The molecule has 3 heteroatoms. The molecule has 3 aromatic carbocycles. The van der Waals surface area contributed by atoms with Crippen LogP contribution in [0.1, 0.15) is 15.9 Å². The molecule has 0 saturated heterocycles. The van der Waals surface area contributed by atoms with Crippen molar-refractivity contribution in [3.8, 4) is 0 Å². The quantitative estimate of drug-likeness (QED) is 0.521. The van der Waals surface area contributed by atoms with E-state index < -0.39 is 0 Å². The van der Waals surface area contributed by atoms with Crippen LogP contribution in [-0.2, 0) is 0 Å². The average molecular weight is 390 g/mol. The zero-order valence-corrected chi connectivity index (χ0v) is 13.6. The lowest BCUT2D eigenvalue weighted by Gasteiger charge is -2.08. The molecule has 3 rings (SSSR count). The predicted octanol–water partition coefficient (Wildman–Crippen LogP) is 5.60. The van der Waals surface area contributed by atoms with Gasteiger partial charge in [-0.1, -0.05) is 68.3 Å². The second-order valence-electron chi connectivity index (χ2n) is 4.48. The van der Waals surface area contributed by atoms with Crippen molar-refractivity contribution in [3.63, 3.8) is 0 Å². The fraction of sp³-hybridized carbons (Fsp3) is 0. The molecule has 0 atom stereocenters. The summed E-state index contributed by atoms with van der Waals surface area (Å²) in [5, 5.41) is 2.01. The Morgan fingerprint density at radius 3 is 2.30 bits per heavy atom. The molecule has 0 unspecified atom stereocenters. The van der Waals surface area contributed by atoms with Crippen LogP contribution in [-0.4, -0.2) is 5.78 Å². The first-order chi connectivity index (χ1) is 9.66. The molecule has 0 aliphatic heterocycles. The van der Waals surface area contributed by atoms with Crippen LogP contribution in [0.25, 0.3) is 10.8 Å². The van der Waals surface area contributed by atoms with Crippen molar-refractivity contribution >= 4 is 48.4 Å². The van der Waals surface area contributed by atoms with E-state index in [1.165, 1.54) is 0 Å². The van der Waals surface area contributed by atoms with Crippen LogP contribution >= 0.6 is 31.9 Å². The summed E-state index contributed by atoms with van der Waals surface area (Å²) >= 11 is 6.93. The van der Waals surface area contributed by atoms with E-state index in [-0.39, 0.29) is 5.78 Å². The summed E-state index contributed by atoms with van der Waals surface area (Å²) in [7, 11) is 0. The van der Waals surface area contributed by atoms with Crippen molar-refractivity contribution in [1.82, 2.24) is 0 Å². The summed E-state index contributed by atoms with van der Waals surface area (Å²) in [5.41, 5.74) is 1.41. The van der Waals surface area contributed by atoms with Gasteiger partial charge in [0.25, 0.3) is 0 Å². The Morgan fingerprint density at radius 1 is 0.800 bits per heavy atom. The summed E-state index contributed by atoms with van der Waals surface area (Å²) < 4.78 is 1.91. The maximum atomic E-state index is 12.7. The molecule has 20 heavy (non-hydrogen) atoms. The second kappa shape index (κ2) is 5.51. The van der Waals surface area contributed by atoms with Crippen LogP contribution < -0.4 is 0 Å². The first-order valence-corrected chi connectivity index (χ1v) is 7.73. The van der Waals surface area contributed by atoms with E-state index in [4.69, 9.17) is 0 Å². The largest absolute Gasteiger partial charge is 0.289 e. The molecule has 0 N–H and O–H groups in total. The monoisotopic (exact) mass is 388 g/mol. The van der Waals surface area contributed by atoms with Crippen LogP contribution in [0, 0.1) is 0 Å². The maximum absolute atomic E-state index is 12.7. The highest BCUT2D eigenvalue weighted by Gasteiger charge is 2.13. The van der Waals surface area contributed by atoms with E-state index in [0.717, 1.165) is 25.3 Å². The summed E-state index contributed by atoms with van der Waals surface area (Å²) in [6.45, 7) is 0. The number of fused-ring (bicyclic) bond motifs is 1. The third-order valence-electron chi connectivity index (χ3n) is 3.20. The number of carbonyl (C=O) groups is 1. The summed E-state index contributed by atoms with van der Waals surface area (Å²) in [4.78, 5) is 12.7. The second-order valence-corrected chi connectivity index (χ2v) is 6.25. The van der Waals surface area contributed by atoms with E-state index in [1.54, 1.807) is 0 Å². The molecular weight excluding hydrogens is 380 g/mol. The molecule has 0 aliphatic carbocycles. The van der Waals surface area contributed by atoms with Gasteiger partial charge in [-0.2, -0.15) is 0 Å². The minimum Gasteiger partial charge on any atom is -0.289 e. The molecule has 0 heterocycles. The molecule has 0 aromatic heterocycles. The number of halogens is 2. The Bertz CT molecular complexity index is 809. The first-order valence-electron chi connectivity index (χ1n) is 6.14. The lowest BCUT2D eigenvalue weighted by Crippen LogP contribution is -2.02. The van der Waals surface area contributed by atoms with Gasteiger partial charge in [0.15, 0.2) is 5.78 Å². The first kappa shape index (κ1) is 13.5. The van der Waals surface area contributed by atoms with Gasteiger partial charge in [-0.15, -0.1) is 0 Å². The average Bonchev–Trinajstić information content (AvgIpc) is 2.47. The molecular formula is C17H10Br2O. The number of benzene rings is 3. The number of ketones is 1.